The van der Waals surface area contributed by atoms with Crippen molar-refractivity contribution in [1.29, 1.82) is 0 Å². The summed E-state index contributed by atoms with van der Waals surface area (Å²) < 4.78 is 10.4. The Hall–Kier alpha value is -0.610. The molecule has 1 N–H and O–H groups in total. The fraction of sp³-hybridized carbons (Fsp3) is 0.909. The van der Waals surface area contributed by atoms with E-state index in [2.05, 4.69) is 5.32 Å². The summed E-state index contributed by atoms with van der Waals surface area (Å²) in [7, 11) is 0. The highest BCUT2D eigenvalue weighted by Gasteiger charge is 2.31. The van der Waals surface area contributed by atoms with E-state index in [4.69, 9.17) is 9.47 Å². The van der Waals surface area contributed by atoms with E-state index >= 15 is 0 Å². The molecule has 0 aliphatic heterocycles. The maximum atomic E-state index is 11.3. The van der Waals surface area contributed by atoms with E-state index < -0.39 is 0 Å². The van der Waals surface area contributed by atoms with E-state index in [0.717, 1.165) is 19.4 Å². The predicted molar refractivity (Wildman–Crippen MR) is 57.7 cm³/mol. The molecule has 4 heteroatoms. The van der Waals surface area contributed by atoms with Gasteiger partial charge in [-0.1, -0.05) is 0 Å². The van der Waals surface area contributed by atoms with Gasteiger partial charge in [-0.15, -0.1) is 0 Å². The van der Waals surface area contributed by atoms with Crippen molar-refractivity contribution < 1.29 is 14.3 Å². The van der Waals surface area contributed by atoms with Crippen LogP contribution in [0.1, 0.15) is 33.6 Å². The number of hydrogen-bond acceptors (Lipinski definition) is 4. The number of hydrogen-bond donors (Lipinski definition) is 1. The van der Waals surface area contributed by atoms with Gasteiger partial charge in [0.05, 0.1) is 12.7 Å². The molecule has 0 aromatic carbocycles. The van der Waals surface area contributed by atoms with Gasteiger partial charge in [0.1, 0.15) is 6.04 Å². The molecule has 0 saturated heterocycles. The summed E-state index contributed by atoms with van der Waals surface area (Å²) in [5.74, 6) is -0.169. The van der Waals surface area contributed by atoms with Crippen LogP contribution in [0, 0.1) is 0 Å². The monoisotopic (exact) mass is 215 g/mol. The second kappa shape index (κ2) is 6.08. The topological polar surface area (TPSA) is 47.6 Å². The zero-order valence-electron chi connectivity index (χ0n) is 9.79. The normalized spacial score (nSPS) is 26.9. The Bertz CT molecular complexity index is 202. The lowest BCUT2D eigenvalue weighted by atomic mass is 9.88. The first kappa shape index (κ1) is 12.5. The van der Waals surface area contributed by atoms with E-state index in [0.29, 0.717) is 18.8 Å². The second-order valence-corrected chi connectivity index (χ2v) is 3.89. The minimum atomic E-state index is -0.211. The number of carbonyl (C=O) groups excluding carboxylic acids is 1. The van der Waals surface area contributed by atoms with Gasteiger partial charge in [-0.2, -0.15) is 0 Å². The van der Waals surface area contributed by atoms with Crippen molar-refractivity contribution in [2.24, 2.45) is 0 Å². The van der Waals surface area contributed by atoms with Crippen LogP contribution in [0.15, 0.2) is 0 Å². The SMILES string of the molecule is CCOC(=O)C(C)NC1CC(OCC)C1. The van der Waals surface area contributed by atoms with Crippen molar-refractivity contribution in [2.45, 2.75) is 51.8 Å². The summed E-state index contributed by atoms with van der Waals surface area (Å²) in [4.78, 5) is 11.3. The molecular formula is C11H21NO3. The number of esters is 1. The Morgan fingerprint density at radius 1 is 1.40 bits per heavy atom. The molecule has 0 radical (unpaired) electrons. The first-order valence-corrected chi connectivity index (χ1v) is 5.71. The lowest BCUT2D eigenvalue weighted by Crippen LogP contribution is -2.51. The molecule has 1 unspecified atom stereocenters. The molecule has 1 saturated carbocycles. The molecule has 1 fully saturated rings. The molecule has 1 atom stereocenters. The van der Waals surface area contributed by atoms with Crippen LogP contribution in [0.3, 0.4) is 0 Å². The van der Waals surface area contributed by atoms with E-state index in [9.17, 15) is 4.79 Å². The van der Waals surface area contributed by atoms with E-state index in [-0.39, 0.29) is 12.0 Å². The summed E-state index contributed by atoms with van der Waals surface area (Å²) in [5, 5.41) is 3.23. The van der Waals surface area contributed by atoms with E-state index in [1.54, 1.807) is 0 Å². The van der Waals surface area contributed by atoms with Gasteiger partial charge in [0.15, 0.2) is 0 Å². The van der Waals surface area contributed by atoms with Crippen molar-refractivity contribution in [3.05, 3.63) is 0 Å². The van der Waals surface area contributed by atoms with Crippen LogP contribution in [0.5, 0.6) is 0 Å². The maximum absolute atomic E-state index is 11.3. The van der Waals surface area contributed by atoms with Crippen molar-refractivity contribution in [3.63, 3.8) is 0 Å². The number of rotatable bonds is 6. The number of ether oxygens (including phenoxy) is 2. The van der Waals surface area contributed by atoms with Crippen LogP contribution < -0.4 is 5.32 Å². The van der Waals surface area contributed by atoms with Crippen LogP contribution >= 0.6 is 0 Å². The van der Waals surface area contributed by atoms with Crippen LogP contribution in [-0.4, -0.2) is 37.4 Å². The minimum Gasteiger partial charge on any atom is -0.465 e. The number of nitrogens with one attached hydrogen (secondary N) is 1. The second-order valence-electron chi connectivity index (χ2n) is 3.89. The Morgan fingerprint density at radius 3 is 2.60 bits per heavy atom. The van der Waals surface area contributed by atoms with E-state index in [1.807, 2.05) is 20.8 Å². The maximum Gasteiger partial charge on any atom is 0.322 e. The highest BCUT2D eigenvalue weighted by molar-refractivity contribution is 5.75. The lowest BCUT2D eigenvalue weighted by molar-refractivity contribution is -0.146. The Kier molecular flexibility index (Phi) is 5.05. The zero-order valence-corrected chi connectivity index (χ0v) is 9.79. The Labute approximate surface area is 91.3 Å². The molecule has 1 aliphatic rings. The Balaban J connectivity index is 2.13. The molecule has 0 aromatic rings. The van der Waals surface area contributed by atoms with Crippen molar-refractivity contribution in [3.8, 4) is 0 Å². The van der Waals surface area contributed by atoms with Gasteiger partial charge in [0, 0.05) is 12.6 Å². The number of carbonyl (C=O) groups is 1. The zero-order chi connectivity index (χ0) is 11.3. The molecular weight excluding hydrogens is 194 g/mol. The smallest absolute Gasteiger partial charge is 0.322 e. The average Bonchev–Trinajstić information content (AvgIpc) is 2.14. The Morgan fingerprint density at radius 2 is 2.07 bits per heavy atom. The minimum absolute atomic E-state index is 0.169. The average molecular weight is 215 g/mol. The van der Waals surface area contributed by atoms with Gasteiger partial charge in [0.25, 0.3) is 0 Å². The summed E-state index contributed by atoms with van der Waals surface area (Å²) in [6, 6.07) is 0.193. The van der Waals surface area contributed by atoms with Gasteiger partial charge in [-0.25, -0.2) is 0 Å². The summed E-state index contributed by atoms with van der Waals surface area (Å²) in [5.41, 5.74) is 0. The fourth-order valence-electron chi connectivity index (χ4n) is 1.76. The first-order valence-electron chi connectivity index (χ1n) is 5.71. The van der Waals surface area contributed by atoms with Gasteiger partial charge < -0.3 is 14.8 Å². The molecule has 4 nitrogen and oxygen atoms in total. The van der Waals surface area contributed by atoms with Crippen molar-refractivity contribution >= 4 is 5.97 Å². The first-order chi connectivity index (χ1) is 7.17. The van der Waals surface area contributed by atoms with Crippen LogP contribution in [0.2, 0.25) is 0 Å². The molecule has 0 heterocycles. The van der Waals surface area contributed by atoms with Crippen LogP contribution in [0.25, 0.3) is 0 Å². The lowest BCUT2D eigenvalue weighted by Gasteiger charge is -2.36. The molecule has 0 spiro atoms. The summed E-state index contributed by atoms with van der Waals surface area (Å²) in [6.45, 7) is 6.87. The molecule has 1 aliphatic carbocycles. The quantitative estimate of drug-likeness (QED) is 0.674. The van der Waals surface area contributed by atoms with Crippen LogP contribution in [-0.2, 0) is 14.3 Å². The molecule has 0 amide bonds. The summed E-state index contributed by atoms with van der Waals surface area (Å²) >= 11 is 0. The predicted octanol–water partition coefficient (Wildman–Crippen LogP) is 1.10. The molecule has 88 valence electrons. The molecule has 1 rings (SSSR count). The molecule has 0 aromatic heterocycles. The standard InChI is InChI=1S/C11H21NO3/c1-4-14-10-6-9(7-10)12-8(3)11(13)15-5-2/h8-10,12H,4-7H2,1-3H3. The fourth-order valence-corrected chi connectivity index (χ4v) is 1.76. The molecule has 15 heavy (non-hydrogen) atoms. The van der Waals surface area contributed by atoms with Crippen molar-refractivity contribution in [2.75, 3.05) is 13.2 Å². The van der Waals surface area contributed by atoms with Crippen LogP contribution in [0.4, 0.5) is 0 Å². The largest absolute Gasteiger partial charge is 0.465 e. The highest BCUT2D eigenvalue weighted by atomic mass is 16.5. The van der Waals surface area contributed by atoms with Crippen molar-refractivity contribution in [1.82, 2.24) is 5.32 Å². The summed E-state index contributed by atoms with van der Waals surface area (Å²) in [6.07, 6.45) is 2.37. The van der Waals surface area contributed by atoms with E-state index in [1.165, 1.54) is 0 Å². The third kappa shape index (κ3) is 3.80. The van der Waals surface area contributed by atoms with Gasteiger partial charge in [-0.3, -0.25) is 4.79 Å². The highest BCUT2D eigenvalue weighted by Crippen LogP contribution is 2.23. The third-order valence-electron chi connectivity index (χ3n) is 2.62. The van der Waals surface area contributed by atoms with Gasteiger partial charge in [0.2, 0.25) is 0 Å². The molecule has 0 bridgehead atoms. The van der Waals surface area contributed by atoms with Gasteiger partial charge in [-0.05, 0) is 33.6 Å². The third-order valence-corrected chi connectivity index (χ3v) is 2.62. The van der Waals surface area contributed by atoms with Gasteiger partial charge >= 0.3 is 5.97 Å².